The third-order valence-corrected chi connectivity index (χ3v) is 4.44. The van der Waals surface area contributed by atoms with E-state index in [1.165, 1.54) is 4.90 Å². The lowest BCUT2D eigenvalue weighted by molar-refractivity contribution is -0.133. The monoisotopic (exact) mass is 359 g/mol. The highest BCUT2D eigenvalue weighted by molar-refractivity contribution is 6.30. The molecule has 1 fully saturated rings. The second-order valence-electron chi connectivity index (χ2n) is 5.42. The predicted molar refractivity (Wildman–Crippen MR) is 88.9 cm³/mol. The zero-order chi connectivity index (χ0) is 17.0. The number of carbonyl (C=O) groups is 2. The van der Waals surface area contributed by atoms with E-state index in [1.54, 1.807) is 24.3 Å². The van der Waals surface area contributed by atoms with Crippen molar-refractivity contribution in [2.24, 2.45) is 5.73 Å². The van der Waals surface area contributed by atoms with E-state index in [-0.39, 0.29) is 31.4 Å². The van der Waals surface area contributed by atoms with Crippen LogP contribution in [0.5, 0.6) is 0 Å². The lowest BCUT2D eigenvalue weighted by Crippen LogP contribution is -2.59. The Balaban J connectivity index is 2.31. The fourth-order valence-electron chi connectivity index (χ4n) is 2.81. The summed E-state index contributed by atoms with van der Waals surface area (Å²) in [5, 5.41) is 14.4. The van der Waals surface area contributed by atoms with E-state index >= 15 is 0 Å². The molecular formula is C15H19Cl2N3O3. The van der Waals surface area contributed by atoms with E-state index < -0.39 is 17.4 Å². The minimum Gasteiger partial charge on any atom is -0.378 e. The molecule has 0 bridgehead atoms. The van der Waals surface area contributed by atoms with Crippen LogP contribution in [0.1, 0.15) is 10.4 Å². The number of benzene rings is 1. The van der Waals surface area contributed by atoms with Gasteiger partial charge >= 0.3 is 0 Å². The van der Waals surface area contributed by atoms with E-state index in [4.69, 9.17) is 28.9 Å². The third kappa shape index (κ3) is 3.67. The van der Waals surface area contributed by atoms with Crippen molar-refractivity contribution in [2.45, 2.75) is 11.6 Å². The lowest BCUT2D eigenvalue weighted by atomic mass is 9.87. The molecule has 0 aliphatic carbocycles. The van der Waals surface area contributed by atoms with Crippen LogP contribution in [0.4, 0.5) is 0 Å². The number of rotatable bonds is 6. The Labute approximate surface area is 144 Å². The van der Waals surface area contributed by atoms with E-state index in [0.717, 1.165) is 0 Å². The van der Waals surface area contributed by atoms with Crippen molar-refractivity contribution in [3.63, 3.8) is 0 Å². The van der Waals surface area contributed by atoms with Gasteiger partial charge in [-0.2, -0.15) is 0 Å². The summed E-state index contributed by atoms with van der Waals surface area (Å²) in [7, 11) is 0. The number of nitrogens with two attached hydrogens (primary N) is 1. The van der Waals surface area contributed by atoms with Gasteiger partial charge in [0.05, 0.1) is 6.04 Å². The third-order valence-electron chi connectivity index (χ3n) is 3.96. The summed E-state index contributed by atoms with van der Waals surface area (Å²) < 4.78 is 0. The van der Waals surface area contributed by atoms with Gasteiger partial charge in [0.2, 0.25) is 5.91 Å². The van der Waals surface area contributed by atoms with Crippen LogP contribution in [-0.4, -0.2) is 65.4 Å². The number of halogens is 2. The first-order valence-corrected chi connectivity index (χ1v) is 8.14. The number of β-amino-alcohol motifs (C(OH)–C–C–N with tert-alkyl or cyclic N) is 1. The van der Waals surface area contributed by atoms with Crippen LogP contribution < -0.4 is 11.1 Å². The summed E-state index contributed by atoms with van der Waals surface area (Å²) >= 11 is 11.5. The van der Waals surface area contributed by atoms with Crippen molar-refractivity contribution in [1.82, 2.24) is 10.2 Å². The number of nitrogens with zero attached hydrogens (tertiary/aromatic N) is 1. The zero-order valence-corrected chi connectivity index (χ0v) is 14.0. The molecule has 2 atom stereocenters. The minimum absolute atomic E-state index is 0.0514. The molecule has 2 unspecified atom stereocenters. The summed E-state index contributed by atoms with van der Waals surface area (Å²) in [6.45, 7) is 0.771. The molecule has 0 aromatic heterocycles. The summed E-state index contributed by atoms with van der Waals surface area (Å²) in [6, 6.07) is 5.54. The molecular weight excluding hydrogens is 341 g/mol. The van der Waals surface area contributed by atoms with Crippen LogP contribution in [0.15, 0.2) is 24.3 Å². The van der Waals surface area contributed by atoms with Crippen molar-refractivity contribution in [3.8, 4) is 0 Å². The number of hydrogen-bond donors (Lipinski definition) is 3. The average Bonchev–Trinajstić information content (AvgIpc) is 2.94. The maximum Gasteiger partial charge on any atom is 0.237 e. The van der Waals surface area contributed by atoms with Crippen molar-refractivity contribution in [2.75, 3.05) is 32.1 Å². The first kappa shape index (κ1) is 18.2. The number of alkyl halides is 1. The molecule has 1 aromatic carbocycles. The molecule has 0 spiro atoms. The molecule has 1 saturated heterocycles. The second kappa shape index (κ2) is 7.59. The summed E-state index contributed by atoms with van der Waals surface area (Å²) in [5.74, 6) is -1.07. The largest absolute Gasteiger partial charge is 0.378 e. The molecule has 1 aliphatic heterocycles. The number of ketones is 1. The Bertz CT molecular complexity index is 582. The van der Waals surface area contributed by atoms with Crippen LogP contribution >= 0.6 is 23.2 Å². The van der Waals surface area contributed by atoms with Crippen molar-refractivity contribution in [3.05, 3.63) is 34.9 Å². The van der Waals surface area contributed by atoms with Gasteiger partial charge in [-0.1, -0.05) is 11.6 Å². The van der Waals surface area contributed by atoms with Crippen LogP contribution in [0, 0.1) is 0 Å². The molecule has 6 nitrogen and oxygen atoms in total. The highest BCUT2D eigenvalue weighted by atomic mass is 35.5. The molecule has 1 aliphatic rings. The molecule has 23 heavy (non-hydrogen) atoms. The molecule has 0 saturated carbocycles. The highest BCUT2D eigenvalue weighted by Gasteiger charge is 2.51. The van der Waals surface area contributed by atoms with Gasteiger partial charge in [0.1, 0.15) is 5.88 Å². The maximum absolute atomic E-state index is 12.8. The molecule has 4 N–H and O–H groups in total. The molecule has 1 aromatic rings. The summed E-state index contributed by atoms with van der Waals surface area (Å²) in [4.78, 5) is 26.2. The zero-order valence-electron chi connectivity index (χ0n) is 12.5. The molecule has 126 valence electrons. The quantitative estimate of drug-likeness (QED) is 0.499. The Kier molecular flexibility index (Phi) is 6.00. The van der Waals surface area contributed by atoms with Gasteiger partial charge < -0.3 is 21.1 Å². The Morgan fingerprint density at radius 1 is 1.39 bits per heavy atom. The van der Waals surface area contributed by atoms with E-state index in [9.17, 15) is 14.7 Å². The molecule has 1 heterocycles. The second-order valence-corrected chi connectivity index (χ2v) is 6.12. The van der Waals surface area contributed by atoms with Gasteiger partial charge in [-0.25, -0.2) is 0 Å². The van der Waals surface area contributed by atoms with E-state index in [0.29, 0.717) is 17.1 Å². The lowest BCUT2D eigenvalue weighted by Gasteiger charge is -2.36. The van der Waals surface area contributed by atoms with Crippen molar-refractivity contribution in [1.29, 1.82) is 0 Å². The summed E-state index contributed by atoms with van der Waals surface area (Å²) in [6.07, 6.45) is 0. The van der Waals surface area contributed by atoms with E-state index in [1.807, 2.05) is 0 Å². The fraction of sp³-hybridized carbons (Fsp3) is 0.467. The number of nitrogens with one attached hydrogen (secondary N) is 1. The van der Waals surface area contributed by atoms with Crippen molar-refractivity contribution >= 4 is 34.9 Å². The Morgan fingerprint density at radius 3 is 2.61 bits per heavy atom. The molecule has 1 amide bonds. The maximum atomic E-state index is 12.8. The van der Waals surface area contributed by atoms with Gasteiger partial charge in [-0.15, -0.1) is 11.6 Å². The first-order valence-electron chi connectivity index (χ1n) is 7.23. The topological polar surface area (TPSA) is 95.7 Å². The standard InChI is InChI=1S/C15H19Cl2N3O3/c16-7-13(21)20(6-5-18)12-8-19-9-15(12,23)14(22)10-1-3-11(17)4-2-10/h1-4,12,19,23H,5-9,18H2. The highest BCUT2D eigenvalue weighted by Crippen LogP contribution is 2.26. The number of hydrogen-bond acceptors (Lipinski definition) is 5. The van der Waals surface area contributed by atoms with Gasteiger partial charge in [-0.3, -0.25) is 9.59 Å². The van der Waals surface area contributed by atoms with Crippen LogP contribution in [0.25, 0.3) is 0 Å². The SMILES string of the molecule is NCCN(C(=O)CCl)C1CNCC1(O)C(=O)c1ccc(Cl)cc1. The number of Topliss-reactive ketones (excluding diaryl/α,β-unsaturated/α-hetero) is 1. The van der Waals surface area contributed by atoms with Crippen LogP contribution in [-0.2, 0) is 4.79 Å². The average molecular weight is 360 g/mol. The van der Waals surface area contributed by atoms with E-state index in [2.05, 4.69) is 5.32 Å². The van der Waals surface area contributed by atoms with Gasteiger partial charge in [0, 0.05) is 36.8 Å². The fourth-order valence-corrected chi connectivity index (χ4v) is 3.09. The summed E-state index contributed by atoms with van der Waals surface area (Å²) in [5.41, 5.74) is 4.14. The first-order chi connectivity index (χ1) is 10.9. The van der Waals surface area contributed by atoms with Gasteiger partial charge in [0.25, 0.3) is 0 Å². The smallest absolute Gasteiger partial charge is 0.237 e. The number of aliphatic hydroxyl groups is 1. The van der Waals surface area contributed by atoms with Crippen LogP contribution in [0.3, 0.4) is 0 Å². The molecule has 0 radical (unpaired) electrons. The number of amides is 1. The normalized spacial score (nSPS) is 23.7. The molecule has 8 heteroatoms. The van der Waals surface area contributed by atoms with Crippen molar-refractivity contribution < 1.29 is 14.7 Å². The number of carbonyl (C=O) groups excluding carboxylic acids is 2. The van der Waals surface area contributed by atoms with Gasteiger partial charge in [0.15, 0.2) is 11.4 Å². The molecule has 2 rings (SSSR count). The minimum atomic E-state index is -1.73. The van der Waals surface area contributed by atoms with Gasteiger partial charge in [-0.05, 0) is 24.3 Å². The predicted octanol–water partition coefficient (Wildman–Crippen LogP) is 0.252. The Hall–Kier alpha value is -1.18. The van der Waals surface area contributed by atoms with Crippen LogP contribution in [0.2, 0.25) is 5.02 Å². The Morgan fingerprint density at radius 2 is 2.04 bits per heavy atom.